The van der Waals surface area contributed by atoms with Crippen LogP contribution in [0.5, 0.6) is 0 Å². The molecule has 0 atom stereocenters. The Bertz CT molecular complexity index is 350. The molecular weight excluding hydrogens is 210 g/mol. The summed E-state index contributed by atoms with van der Waals surface area (Å²) < 4.78 is 0. The molecule has 0 unspecified atom stereocenters. The Balaban J connectivity index is 1.92. The van der Waals surface area contributed by atoms with Crippen LogP contribution in [0.15, 0.2) is 24.3 Å². The molecule has 94 valence electrons. The van der Waals surface area contributed by atoms with E-state index in [1.165, 1.54) is 11.1 Å². The summed E-state index contributed by atoms with van der Waals surface area (Å²) in [5.41, 5.74) is 2.24. The fourth-order valence-electron chi connectivity index (χ4n) is 2.17. The van der Waals surface area contributed by atoms with Gasteiger partial charge < -0.3 is 5.11 Å². The van der Waals surface area contributed by atoms with Gasteiger partial charge in [-0.05, 0) is 37.1 Å². The van der Waals surface area contributed by atoms with Gasteiger partial charge in [-0.25, -0.2) is 0 Å². The summed E-state index contributed by atoms with van der Waals surface area (Å²) in [6, 6.07) is 8.71. The van der Waals surface area contributed by atoms with Gasteiger partial charge in [0.1, 0.15) is 0 Å². The van der Waals surface area contributed by atoms with Crippen molar-refractivity contribution in [1.29, 1.82) is 0 Å². The summed E-state index contributed by atoms with van der Waals surface area (Å²) in [6.45, 7) is 7.61. The molecule has 1 saturated carbocycles. The van der Waals surface area contributed by atoms with E-state index in [0.717, 1.165) is 38.9 Å². The number of hydrogen-bond donors (Lipinski definition) is 1. The molecule has 0 amide bonds. The zero-order valence-electron chi connectivity index (χ0n) is 10.9. The van der Waals surface area contributed by atoms with Crippen molar-refractivity contribution in [3.8, 4) is 0 Å². The minimum absolute atomic E-state index is 0.375. The first-order valence-electron chi connectivity index (χ1n) is 6.68. The third-order valence-electron chi connectivity index (χ3n) is 3.68. The zero-order valence-corrected chi connectivity index (χ0v) is 10.9. The van der Waals surface area contributed by atoms with E-state index in [1.54, 1.807) is 0 Å². The molecule has 0 bridgehead atoms. The van der Waals surface area contributed by atoms with Crippen molar-refractivity contribution in [3.63, 3.8) is 0 Å². The van der Waals surface area contributed by atoms with Crippen molar-refractivity contribution in [2.45, 2.75) is 45.3 Å². The van der Waals surface area contributed by atoms with E-state index in [4.69, 9.17) is 0 Å². The van der Waals surface area contributed by atoms with Gasteiger partial charge in [0, 0.05) is 13.0 Å². The van der Waals surface area contributed by atoms with Crippen LogP contribution < -0.4 is 0 Å². The van der Waals surface area contributed by atoms with Gasteiger partial charge in [0.2, 0.25) is 0 Å². The second kappa shape index (κ2) is 5.19. The van der Waals surface area contributed by atoms with E-state index in [9.17, 15) is 5.11 Å². The maximum Gasteiger partial charge on any atom is 0.0690 e. The average Bonchev–Trinajstić information content (AvgIpc) is 3.06. The van der Waals surface area contributed by atoms with Crippen molar-refractivity contribution in [3.05, 3.63) is 35.4 Å². The highest BCUT2D eigenvalue weighted by Crippen LogP contribution is 2.38. The van der Waals surface area contributed by atoms with Crippen LogP contribution in [-0.4, -0.2) is 28.7 Å². The Morgan fingerprint density at radius 3 is 2.06 bits per heavy atom. The first-order chi connectivity index (χ1) is 8.15. The maximum absolute atomic E-state index is 9.86. The van der Waals surface area contributed by atoms with Gasteiger partial charge in [-0.1, -0.05) is 38.1 Å². The first kappa shape index (κ1) is 12.6. The highest BCUT2D eigenvalue weighted by atomic mass is 16.3. The lowest BCUT2D eigenvalue weighted by molar-refractivity contribution is 0.151. The monoisotopic (exact) mass is 233 g/mol. The second-order valence-corrected chi connectivity index (χ2v) is 5.18. The number of hydrogen-bond acceptors (Lipinski definition) is 2. The Morgan fingerprint density at radius 2 is 1.59 bits per heavy atom. The second-order valence-electron chi connectivity index (χ2n) is 5.18. The van der Waals surface area contributed by atoms with Gasteiger partial charge in [0.05, 0.1) is 5.60 Å². The molecule has 2 heteroatoms. The Morgan fingerprint density at radius 1 is 1.06 bits per heavy atom. The fraction of sp³-hybridized carbons (Fsp3) is 0.600. The lowest BCUT2D eigenvalue weighted by atomic mass is 10.0. The summed E-state index contributed by atoms with van der Waals surface area (Å²) in [5.74, 6) is 0. The molecule has 1 aliphatic rings. The molecule has 1 aromatic carbocycles. The third-order valence-corrected chi connectivity index (χ3v) is 3.68. The molecule has 0 spiro atoms. The topological polar surface area (TPSA) is 23.5 Å². The molecular formula is C15H23NO. The Kier molecular flexibility index (Phi) is 3.85. The van der Waals surface area contributed by atoms with Gasteiger partial charge in [-0.3, -0.25) is 4.90 Å². The number of rotatable bonds is 6. The van der Waals surface area contributed by atoms with Crippen molar-refractivity contribution in [2.24, 2.45) is 0 Å². The van der Waals surface area contributed by atoms with Crippen molar-refractivity contribution >= 4 is 0 Å². The highest BCUT2D eigenvalue weighted by molar-refractivity contribution is 5.25. The highest BCUT2D eigenvalue weighted by Gasteiger charge is 2.39. The van der Waals surface area contributed by atoms with Crippen LogP contribution in [0.4, 0.5) is 0 Å². The number of benzene rings is 1. The van der Waals surface area contributed by atoms with E-state index in [2.05, 4.69) is 43.0 Å². The molecule has 2 rings (SSSR count). The van der Waals surface area contributed by atoms with Crippen LogP contribution in [0.2, 0.25) is 0 Å². The minimum atomic E-state index is -0.375. The molecule has 2 nitrogen and oxygen atoms in total. The lowest BCUT2D eigenvalue weighted by Gasteiger charge is -2.18. The summed E-state index contributed by atoms with van der Waals surface area (Å²) >= 11 is 0. The normalized spacial score (nSPS) is 17.4. The lowest BCUT2D eigenvalue weighted by Crippen LogP contribution is -2.22. The molecule has 1 fully saturated rings. The van der Waals surface area contributed by atoms with Crippen LogP contribution in [0.25, 0.3) is 0 Å². The SMILES string of the molecule is CCN(CC)Cc1ccc(CC2(O)CC2)cc1. The molecule has 0 aromatic heterocycles. The van der Waals surface area contributed by atoms with Crippen LogP contribution >= 0.6 is 0 Å². The Labute approximate surface area is 104 Å². The molecule has 17 heavy (non-hydrogen) atoms. The van der Waals surface area contributed by atoms with E-state index < -0.39 is 0 Å². The van der Waals surface area contributed by atoms with E-state index >= 15 is 0 Å². The predicted octanol–water partition coefficient (Wildman–Crippen LogP) is 2.60. The average molecular weight is 233 g/mol. The first-order valence-corrected chi connectivity index (χ1v) is 6.68. The third kappa shape index (κ3) is 3.55. The molecule has 1 aromatic rings. The standard InChI is InChI=1S/C15H23NO/c1-3-16(4-2)12-14-7-5-13(6-8-14)11-15(17)9-10-15/h5-8,17H,3-4,9-12H2,1-2H3. The molecule has 0 saturated heterocycles. The molecule has 1 N–H and O–H groups in total. The van der Waals surface area contributed by atoms with Crippen LogP contribution in [0, 0.1) is 0 Å². The van der Waals surface area contributed by atoms with Gasteiger partial charge in [-0.2, -0.15) is 0 Å². The quantitative estimate of drug-likeness (QED) is 0.816. The maximum atomic E-state index is 9.86. The van der Waals surface area contributed by atoms with Gasteiger partial charge in [0.15, 0.2) is 0 Å². The van der Waals surface area contributed by atoms with Gasteiger partial charge >= 0.3 is 0 Å². The van der Waals surface area contributed by atoms with Gasteiger partial charge in [-0.15, -0.1) is 0 Å². The molecule has 1 aliphatic carbocycles. The molecule has 0 radical (unpaired) electrons. The van der Waals surface area contributed by atoms with Crippen molar-refractivity contribution in [2.75, 3.05) is 13.1 Å². The van der Waals surface area contributed by atoms with Crippen molar-refractivity contribution < 1.29 is 5.11 Å². The van der Waals surface area contributed by atoms with Crippen LogP contribution in [0.1, 0.15) is 37.8 Å². The minimum Gasteiger partial charge on any atom is -0.390 e. The number of aliphatic hydroxyl groups is 1. The smallest absolute Gasteiger partial charge is 0.0690 e. The molecule has 0 aliphatic heterocycles. The van der Waals surface area contributed by atoms with E-state index in [0.29, 0.717) is 0 Å². The zero-order chi connectivity index (χ0) is 12.3. The van der Waals surface area contributed by atoms with E-state index in [-0.39, 0.29) is 5.60 Å². The largest absolute Gasteiger partial charge is 0.390 e. The molecule has 0 heterocycles. The Hall–Kier alpha value is -0.860. The predicted molar refractivity (Wildman–Crippen MR) is 71.0 cm³/mol. The number of nitrogens with zero attached hydrogens (tertiary/aromatic N) is 1. The summed E-state index contributed by atoms with van der Waals surface area (Å²) in [5, 5.41) is 9.86. The van der Waals surface area contributed by atoms with Crippen LogP contribution in [0.3, 0.4) is 0 Å². The van der Waals surface area contributed by atoms with E-state index in [1.807, 2.05) is 0 Å². The summed E-state index contributed by atoms with van der Waals surface area (Å²) in [7, 11) is 0. The summed E-state index contributed by atoms with van der Waals surface area (Å²) in [4.78, 5) is 2.41. The van der Waals surface area contributed by atoms with Gasteiger partial charge in [0.25, 0.3) is 0 Å². The van der Waals surface area contributed by atoms with Crippen molar-refractivity contribution in [1.82, 2.24) is 4.90 Å². The fourth-order valence-corrected chi connectivity index (χ4v) is 2.17. The van der Waals surface area contributed by atoms with Crippen LogP contribution in [-0.2, 0) is 13.0 Å². The summed E-state index contributed by atoms with van der Waals surface area (Å²) in [6.07, 6.45) is 2.75.